The van der Waals surface area contributed by atoms with Crippen molar-refractivity contribution in [3.05, 3.63) is 56.5 Å². The van der Waals surface area contributed by atoms with Crippen molar-refractivity contribution in [2.45, 2.75) is 30.5 Å². The first-order valence-electron chi connectivity index (χ1n) is 8.81. The molecule has 3 aromatic heterocycles. The molecule has 0 bridgehead atoms. The van der Waals surface area contributed by atoms with E-state index in [2.05, 4.69) is 27.3 Å². The lowest BCUT2D eigenvalue weighted by Gasteiger charge is -2.26. The maximum atomic E-state index is 9.67. The van der Waals surface area contributed by atoms with Crippen molar-refractivity contribution in [1.82, 2.24) is 15.2 Å². The molecule has 9 heteroatoms. The van der Waals surface area contributed by atoms with Crippen LogP contribution in [0.1, 0.15) is 38.9 Å². The largest absolute Gasteiger partial charge is 0.422 e. The summed E-state index contributed by atoms with van der Waals surface area (Å²) in [7, 11) is 0. The minimum Gasteiger partial charge on any atom is -0.422 e. The molecule has 0 saturated carbocycles. The van der Waals surface area contributed by atoms with Crippen LogP contribution in [0.3, 0.4) is 0 Å². The lowest BCUT2D eigenvalue weighted by molar-refractivity contribution is 0.438. The van der Waals surface area contributed by atoms with E-state index < -0.39 is 5.92 Å². The highest BCUT2D eigenvalue weighted by molar-refractivity contribution is 7.98. The van der Waals surface area contributed by atoms with Crippen LogP contribution in [0.4, 0.5) is 0 Å². The fourth-order valence-corrected chi connectivity index (χ4v) is 5.39. The Hall–Kier alpha value is -3.14. The van der Waals surface area contributed by atoms with Crippen LogP contribution in [-0.4, -0.2) is 21.1 Å². The number of fused-ring (bicyclic) bond motifs is 1. The highest BCUT2D eigenvalue weighted by Crippen LogP contribution is 2.45. The number of nitrogens with one attached hydrogen (secondary N) is 2. The van der Waals surface area contributed by atoms with Gasteiger partial charge in [-0.25, -0.2) is 4.98 Å². The fraction of sp³-hybridized carbons (Fsp3) is 0.250. The molecule has 4 rings (SSSR count). The van der Waals surface area contributed by atoms with E-state index >= 15 is 0 Å². The highest BCUT2D eigenvalue weighted by Gasteiger charge is 2.41. The van der Waals surface area contributed by atoms with Gasteiger partial charge < -0.3 is 4.74 Å². The Morgan fingerprint density at radius 1 is 1.38 bits per heavy atom. The first kappa shape index (κ1) is 19.2. The average molecular weight is 421 g/mol. The van der Waals surface area contributed by atoms with E-state index in [1.807, 2.05) is 37.4 Å². The number of thioether (sulfide) groups is 1. The van der Waals surface area contributed by atoms with Crippen LogP contribution >= 0.6 is 23.1 Å². The van der Waals surface area contributed by atoms with E-state index in [0.29, 0.717) is 22.2 Å². The number of aromatic amines is 1. The number of thiophene rings is 1. The minimum atomic E-state index is -0.712. The summed E-state index contributed by atoms with van der Waals surface area (Å²) in [4.78, 5) is 5.51. The highest BCUT2D eigenvalue weighted by atomic mass is 32.2. The van der Waals surface area contributed by atoms with Crippen molar-refractivity contribution in [3.63, 3.8) is 0 Å². The number of nitriles is 2. The van der Waals surface area contributed by atoms with Gasteiger partial charge in [0.1, 0.15) is 17.0 Å². The van der Waals surface area contributed by atoms with Crippen molar-refractivity contribution in [3.8, 4) is 18.0 Å². The van der Waals surface area contributed by atoms with E-state index in [1.54, 1.807) is 11.3 Å². The molecular weight excluding hydrogens is 404 g/mol. The molecule has 7 nitrogen and oxygen atoms in total. The van der Waals surface area contributed by atoms with Crippen molar-refractivity contribution in [2.75, 3.05) is 0 Å². The Labute approximate surface area is 175 Å². The Balaban J connectivity index is 1.72. The monoisotopic (exact) mass is 420 g/mol. The molecule has 2 unspecified atom stereocenters. The van der Waals surface area contributed by atoms with E-state index in [1.165, 1.54) is 11.8 Å². The molecule has 0 amide bonds. The van der Waals surface area contributed by atoms with Gasteiger partial charge in [0.15, 0.2) is 0 Å². The predicted octanol–water partition coefficient (Wildman–Crippen LogP) is 4.29. The number of hydrogen-bond acceptors (Lipinski definition) is 8. The maximum Gasteiger partial charge on any atom is 0.243 e. The molecule has 4 heterocycles. The second kappa shape index (κ2) is 7.70. The molecule has 0 radical (unpaired) electrons. The van der Waals surface area contributed by atoms with E-state index in [0.717, 1.165) is 27.4 Å². The molecule has 1 aliphatic heterocycles. The van der Waals surface area contributed by atoms with Crippen molar-refractivity contribution in [1.29, 1.82) is 15.9 Å². The van der Waals surface area contributed by atoms with Gasteiger partial charge >= 0.3 is 0 Å². The summed E-state index contributed by atoms with van der Waals surface area (Å²) >= 11 is 2.99. The van der Waals surface area contributed by atoms with Gasteiger partial charge in [-0.15, -0.1) is 16.4 Å². The van der Waals surface area contributed by atoms with Crippen LogP contribution in [0.25, 0.3) is 0 Å². The third-order valence-corrected chi connectivity index (χ3v) is 6.70. The van der Waals surface area contributed by atoms with Crippen LogP contribution in [0.5, 0.6) is 5.88 Å². The molecule has 0 saturated heterocycles. The smallest absolute Gasteiger partial charge is 0.243 e. The van der Waals surface area contributed by atoms with Crippen LogP contribution in [-0.2, 0) is 5.75 Å². The normalized spacial score (nSPS) is 17.9. The average Bonchev–Trinajstić information content (AvgIpc) is 3.35. The van der Waals surface area contributed by atoms with Crippen LogP contribution < -0.4 is 4.74 Å². The summed E-state index contributed by atoms with van der Waals surface area (Å²) in [6, 6.07) is 10.2. The Morgan fingerprint density at radius 3 is 2.90 bits per heavy atom. The second-order valence-electron chi connectivity index (χ2n) is 6.65. The molecular formula is C20H16N6OS2. The number of ether oxygens (including phenoxy) is 1. The number of nitrogens with zero attached hydrogens (tertiary/aromatic N) is 4. The summed E-state index contributed by atoms with van der Waals surface area (Å²) in [5.41, 5.74) is 3.92. The number of aryl methyl sites for hydroxylation is 2. The van der Waals surface area contributed by atoms with Gasteiger partial charge in [-0.2, -0.15) is 10.5 Å². The molecule has 1 aliphatic rings. The van der Waals surface area contributed by atoms with E-state index in [9.17, 15) is 10.5 Å². The maximum absolute atomic E-state index is 9.67. The summed E-state index contributed by atoms with van der Waals surface area (Å²) in [6.07, 6.45) is 0. The number of hydrogen-bond donors (Lipinski definition) is 2. The lowest BCUT2D eigenvalue weighted by Crippen LogP contribution is -2.30. The van der Waals surface area contributed by atoms with Crippen LogP contribution in [0.15, 0.2) is 28.6 Å². The molecule has 0 aromatic carbocycles. The minimum absolute atomic E-state index is 0.0909. The lowest BCUT2D eigenvalue weighted by atomic mass is 9.83. The standard InChI is InChI=1S/C20H16N6OS2/c1-10-6-11(2)24-20(12(10)7-21)29-9-14-17-16(15-4-3-5-28-15)13(8-22)18(23)27-19(17)26-25-14/h3-6,13,16,23H,9H2,1-2H3,(H,25,26). The quantitative estimate of drug-likeness (QED) is 0.607. The van der Waals surface area contributed by atoms with Gasteiger partial charge in [0.25, 0.3) is 0 Å². The topological polar surface area (TPSA) is 122 Å². The summed E-state index contributed by atoms with van der Waals surface area (Å²) < 4.78 is 5.53. The molecule has 0 fully saturated rings. The number of aromatic nitrogens is 3. The molecule has 3 aromatic rings. The van der Waals surface area contributed by atoms with Crippen LogP contribution in [0.2, 0.25) is 0 Å². The molecule has 29 heavy (non-hydrogen) atoms. The third kappa shape index (κ3) is 3.39. The van der Waals surface area contributed by atoms with Crippen molar-refractivity contribution >= 4 is 29.0 Å². The molecule has 0 spiro atoms. The zero-order valence-corrected chi connectivity index (χ0v) is 17.3. The predicted molar refractivity (Wildman–Crippen MR) is 110 cm³/mol. The van der Waals surface area contributed by atoms with Crippen molar-refractivity contribution in [2.24, 2.45) is 5.92 Å². The first-order chi connectivity index (χ1) is 14.0. The SMILES string of the molecule is Cc1cc(C)c(C#N)c(SCc2[nH]nc3c2C(c2cccs2)C(C#N)C(=N)O3)n1. The Bertz CT molecular complexity index is 1170. The Kier molecular flexibility index (Phi) is 5.10. The summed E-state index contributed by atoms with van der Waals surface area (Å²) in [5.74, 6) is -0.287. The van der Waals surface area contributed by atoms with Gasteiger partial charge in [-0.05, 0) is 36.9 Å². The zero-order chi connectivity index (χ0) is 20.5. The van der Waals surface area contributed by atoms with Gasteiger partial charge in [-0.1, -0.05) is 17.8 Å². The van der Waals surface area contributed by atoms with Crippen LogP contribution in [0, 0.1) is 47.8 Å². The molecule has 2 N–H and O–H groups in total. The van der Waals surface area contributed by atoms with Gasteiger partial charge in [0.2, 0.25) is 11.8 Å². The van der Waals surface area contributed by atoms with E-state index in [-0.39, 0.29) is 11.8 Å². The number of pyridine rings is 1. The summed E-state index contributed by atoms with van der Waals surface area (Å²) in [6.45, 7) is 3.80. The summed E-state index contributed by atoms with van der Waals surface area (Å²) in [5, 5.41) is 37.1. The Morgan fingerprint density at radius 2 is 2.21 bits per heavy atom. The second-order valence-corrected chi connectivity index (χ2v) is 8.59. The first-order valence-corrected chi connectivity index (χ1v) is 10.7. The molecule has 2 atom stereocenters. The number of rotatable bonds is 4. The third-order valence-electron chi connectivity index (χ3n) is 4.75. The van der Waals surface area contributed by atoms with E-state index in [4.69, 9.17) is 10.1 Å². The number of H-pyrrole nitrogens is 1. The zero-order valence-electron chi connectivity index (χ0n) is 15.7. The fourth-order valence-electron chi connectivity index (χ4n) is 3.45. The molecule has 0 aliphatic carbocycles. The van der Waals surface area contributed by atoms with Gasteiger partial charge in [0, 0.05) is 21.9 Å². The molecule has 144 valence electrons. The van der Waals surface area contributed by atoms with Crippen molar-refractivity contribution < 1.29 is 4.74 Å². The van der Waals surface area contributed by atoms with Gasteiger partial charge in [0.05, 0.1) is 23.2 Å². The van der Waals surface area contributed by atoms with Gasteiger partial charge in [-0.3, -0.25) is 10.5 Å².